The van der Waals surface area contributed by atoms with Crippen LogP contribution in [0.4, 0.5) is 11.5 Å². The molecule has 2 rings (SSSR count). The summed E-state index contributed by atoms with van der Waals surface area (Å²) in [7, 11) is 0. The van der Waals surface area contributed by atoms with Crippen LogP contribution in [0.5, 0.6) is 0 Å². The van der Waals surface area contributed by atoms with Gasteiger partial charge in [-0.05, 0) is 29.8 Å². The quantitative estimate of drug-likeness (QED) is 0.873. The summed E-state index contributed by atoms with van der Waals surface area (Å²) in [6.07, 6.45) is 1.78. The molecule has 1 amide bonds. The van der Waals surface area contributed by atoms with Gasteiger partial charge in [-0.15, -0.1) is 0 Å². The van der Waals surface area contributed by atoms with Crippen LogP contribution in [-0.2, 0) is 6.42 Å². The Bertz CT molecular complexity index is 611. The van der Waals surface area contributed by atoms with Gasteiger partial charge in [-0.25, -0.2) is 4.98 Å². The van der Waals surface area contributed by atoms with Crippen LogP contribution in [-0.4, -0.2) is 10.9 Å². The number of anilines is 2. The lowest BCUT2D eigenvalue weighted by Crippen LogP contribution is -2.12. The molecule has 94 valence electrons. The van der Waals surface area contributed by atoms with Gasteiger partial charge < -0.3 is 11.1 Å². The molecule has 0 aliphatic heterocycles. The Kier molecular flexibility index (Phi) is 3.74. The molecule has 1 aromatic heterocycles. The fraction of sp³-hybridized carbons (Fsp3) is 0.0714. The summed E-state index contributed by atoms with van der Waals surface area (Å²) in [6, 6.07) is 12.4. The minimum Gasteiger partial charge on any atom is -0.384 e. The number of hydrogen-bond donors (Lipinski definition) is 2. The largest absolute Gasteiger partial charge is 0.384 e. The van der Waals surface area contributed by atoms with E-state index in [1.165, 1.54) is 6.20 Å². The van der Waals surface area contributed by atoms with Crippen LogP contribution in [0.15, 0.2) is 42.6 Å². The Morgan fingerprint density at radius 2 is 2.00 bits per heavy atom. The first kappa shape index (κ1) is 12.6. The highest BCUT2D eigenvalue weighted by atomic mass is 16.1. The fourth-order valence-electron chi connectivity index (χ4n) is 1.54. The maximum absolute atomic E-state index is 11.9. The SMILES string of the molecule is N#CCc1ccc(NC(=O)c2ccc(N)nc2)cc1. The summed E-state index contributed by atoms with van der Waals surface area (Å²) >= 11 is 0. The maximum atomic E-state index is 11.9. The molecular formula is C14H12N4O. The van der Waals surface area contributed by atoms with Crippen LogP contribution in [0.1, 0.15) is 15.9 Å². The van der Waals surface area contributed by atoms with Crippen molar-refractivity contribution in [3.63, 3.8) is 0 Å². The average molecular weight is 252 g/mol. The summed E-state index contributed by atoms with van der Waals surface area (Å²) in [5, 5.41) is 11.3. The van der Waals surface area contributed by atoms with Crippen molar-refractivity contribution in [3.05, 3.63) is 53.7 Å². The van der Waals surface area contributed by atoms with E-state index < -0.39 is 0 Å². The number of nitrogen functional groups attached to an aromatic ring is 1. The van der Waals surface area contributed by atoms with Gasteiger partial charge in [0.2, 0.25) is 0 Å². The van der Waals surface area contributed by atoms with Crippen LogP contribution >= 0.6 is 0 Å². The average Bonchev–Trinajstić information content (AvgIpc) is 2.42. The van der Waals surface area contributed by atoms with E-state index in [0.717, 1.165) is 5.56 Å². The molecule has 0 spiro atoms. The molecule has 0 radical (unpaired) electrons. The third-order valence-electron chi connectivity index (χ3n) is 2.54. The first-order chi connectivity index (χ1) is 9.19. The molecule has 3 N–H and O–H groups in total. The normalized spacial score (nSPS) is 9.63. The highest BCUT2D eigenvalue weighted by molar-refractivity contribution is 6.04. The number of carbonyl (C=O) groups excluding carboxylic acids is 1. The first-order valence-corrected chi connectivity index (χ1v) is 5.68. The topological polar surface area (TPSA) is 91.8 Å². The number of nitrogens with zero attached hydrogens (tertiary/aromatic N) is 2. The van der Waals surface area contributed by atoms with Gasteiger partial charge >= 0.3 is 0 Å². The molecule has 0 aliphatic rings. The van der Waals surface area contributed by atoms with Gasteiger partial charge in [0.05, 0.1) is 18.1 Å². The third kappa shape index (κ3) is 3.30. The molecule has 5 nitrogen and oxygen atoms in total. The number of benzene rings is 1. The van der Waals surface area contributed by atoms with Crippen LogP contribution in [0.3, 0.4) is 0 Å². The number of rotatable bonds is 3. The van der Waals surface area contributed by atoms with Crippen molar-refractivity contribution in [1.82, 2.24) is 4.98 Å². The molecule has 0 atom stereocenters. The Labute approximate surface area is 110 Å². The summed E-state index contributed by atoms with van der Waals surface area (Å²) in [5.41, 5.74) is 7.48. The molecule has 19 heavy (non-hydrogen) atoms. The van der Waals surface area contributed by atoms with E-state index in [1.807, 2.05) is 0 Å². The number of pyridine rings is 1. The second-order valence-corrected chi connectivity index (χ2v) is 3.96. The zero-order chi connectivity index (χ0) is 13.7. The van der Waals surface area contributed by atoms with E-state index in [4.69, 9.17) is 11.0 Å². The molecule has 0 fully saturated rings. The van der Waals surface area contributed by atoms with Gasteiger partial charge in [0.25, 0.3) is 5.91 Å². The number of nitrogens with one attached hydrogen (secondary N) is 1. The smallest absolute Gasteiger partial charge is 0.257 e. The second kappa shape index (κ2) is 5.65. The lowest BCUT2D eigenvalue weighted by molar-refractivity contribution is 0.102. The lowest BCUT2D eigenvalue weighted by Gasteiger charge is -2.05. The predicted octanol–water partition coefficient (Wildman–Crippen LogP) is 1.98. The molecule has 0 saturated heterocycles. The molecule has 5 heteroatoms. The first-order valence-electron chi connectivity index (χ1n) is 5.68. The van der Waals surface area contributed by atoms with E-state index in [0.29, 0.717) is 23.5 Å². The number of nitriles is 1. The van der Waals surface area contributed by atoms with Gasteiger partial charge in [-0.2, -0.15) is 5.26 Å². The van der Waals surface area contributed by atoms with E-state index in [2.05, 4.69) is 16.4 Å². The number of aromatic nitrogens is 1. The van der Waals surface area contributed by atoms with Crippen molar-refractivity contribution in [1.29, 1.82) is 5.26 Å². The summed E-state index contributed by atoms with van der Waals surface area (Å²) in [5.74, 6) is 0.123. The number of hydrogen-bond acceptors (Lipinski definition) is 4. The molecule has 1 heterocycles. The summed E-state index contributed by atoms with van der Waals surface area (Å²) in [6.45, 7) is 0. The zero-order valence-electron chi connectivity index (χ0n) is 10.1. The van der Waals surface area contributed by atoms with Crippen molar-refractivity contribution in [2.45, 2.75) is 6.42 Å². The second-order valence-electron chi connectivity index (χ2n) is 3.96. The van der Waals surface area contributed by atoms with E-state index in [9.17, 15) is 4.79 Å². The monoisotopic (exact) mass is 252 g/mol. The van der Waals surface area contributed by atoms with Gasteiger partial charge in [-0.3, -0.25) is 4.79 Å². The Morgan fingerprint density at radius 3 is 2.58 bits per heavy atom. The van der Waals surface area contributed by atoms with Crippen LogP contribution in [0.25, 0.3) is 0 Å². The molecule has 0 saturated carbocycles. The zero-order valence-corrected chi connectivity index (χ0v) is 10.1. The number of carbonyl (C=O) groups is 1. The summed E-state index contributed by atoms with van der Waals surface area (Å²) in [4.78, 5) is 15.8. The number of amides is 1. The van der Waals surface area contributed by atoms with Crippen molar-refractivity contribution >= 4 is 17.4 Å². The van der Waals surface area contributed by atoms with Gasteiger partial charge in [0.15, 0.2) is 0 Å². The third-order valence-corrected chi connectivity index (χ3v) is 2.54. The molecule has 0 bridgehead atoms. The van der Waals surface area contributed by atoms with E-state index in [1.54, 1.807) is 36.4 Å². The molecule has 2 aromatic rings. The van der Waals surface area contributed by atoms with Gasteiger partial charge in [0, 0.05) is 11.9 Å². The highest BCUT2D eigenvalue weighted by Gasteiger charge is 2.06. The van der Waals surface area contributed by atoms with Gasteiger partial charge in [-0.1, -0.05) is 12.1 Å². The van der Waals surface area contributed by atoms with Crippen molar-refractivity contribution in [2.75, 3.05) is 11.1 Å². The molecule has 0 unspecified atom stereocenters. The predicted molar refractivity (Wildman–Crippen MR) is 72.4 cm³/mol. The molecular weight excluding hydrogens is 240 g/mol. The van der Waals surface area contributed by atoms with E-state index >= 15 is 0 Å². The van der Waals surface area contributed by atoms with Crippen LogP contribution < -0.4 is 11.1 Å². The van der Waals surface area contributed by atoms with Crippen molar-refractivity contribution in [3.8, 4) is 6.07 Å². The van der Waals surface area contributed by atoms with Crippen LogP contribution in [0.2, 0.25) is 0 Å². The Morgan fingerprint density at radius 1 is 1.26 bits per heavy atom. The number of nitrogens with two attached hydrogens (primary N) is 1. The van der Waals surface area contributed by atoms with Gasteiger partial charge in [0.1, 0.15) is 5.82 Å². The minimum atomic E-state index is -0.250. The minimum absolute atomic E-state index is 0.250. The van der Waals surface area contributed by atoms with E-state index in [-0.39, 0.29) is 5.91 Å². The lowest BCUT2D eigenvalue weighted by atomic mass is 10.1. The molecule has 1 aromatic carbocycles. The summed E-state index contributed by atoms with van der Waals surface area (Å²) < 4.78 is 0. The van der Waals surface area contributed by atoms with Crippen molar-refractivity contribution < 1.29 is 4.79 Å². The van der Waals surface area contributed by atoms with Crippen molar-refractivity contribution in [2.24, 2.45) is 0 Å². The Balaban J connectivity index is 2.06. The Hall–Kier alpha value is -2.87. The maximum Gasteiger partial charge on any atom is 0.257 e. The standard InChI is InChI=1S/C14H12N4O/c15-8-7-10-1-4-12(5-2-10)18-14(19)11-3-6-13(16)17-9-11/h1-6,9H,7H2,(H2,16,17)(H,18,19). The molecule has 0 aliphatic carbocycles. The highest BCUT2D eigenvalue weighted by Crippen LogP contribution is 2.11. The fourth-order valence-corrected chi connectivity index (χ4v) is 1.54. The van der Waals surface area contributed by atoms with Crippen LogP contribution in [0, 0.1) is 11.3 Å².